The SMILES string of the molecule is CCC1CCC(C2CCC(C)CC2(F)F)CC1.CCCC1CCC(C2CCC(c3ccc(C(=O)O)c(F)c3F)CC2)CC1.CCCC1CCC(c2ccc(C(=O)O)c(F)c2F)CC1.CCCCCC1CCC(C2CCC(c3ccc(C(=O)O)c(F)c3F)CC2)CC1.[HH].[HH].[HH].[HH].[HH].[HH]. The van der Waals surface area contributed by atoms with Gasteiger partial charge in [0.15, 0.2) is 34.9 Å². The molecule has 7 aliphatic rings. The average Bonchev–Trinajstić information content (AvgIpc) is 0.858. The maximum Gasteiger partial charge on any atom is 0.338 e. The summed E-state index contributed by atoms with van der Waals surface area (Å²) in [6.45, 7) is 10.9. The van der Waals surface area contributed by atoms with E-state index in [-0.39, 0.29) is 44.6 Å². The molecule has 91 heavy (non-hydrogen) atoms. The summed E-state index contributed by atoms with van der Waals surface area (Å²) in [6, 6.07) is 7.98. The number of alkyl halides is 2. The summed E-state index contributed by atoms with van der Waals surface area (Å²) in [5.41, 5.74) is -0.694. The molecule has 2 unspecified atom stereocenters. The zero-order valence-corrected chi connectivity index (χ0v) is 55.6. The molecule has 522 valence electrons. The quantitative estimate of drug-likeness (QED) is 0.0864. The maximum absolute atomic E-state index is 14.4. The molecule has 0 amide bonds. The number of rotatable bonds is 18. The van der Waals surface area contributed by atoms with Crippen molar-refractivity contribution in [1.29, 1.82) is 0 Å². The molecular formula is C77H122F8O6. The number of aromatic carboxylic acids is 3. The first-order valence-electron chi connectivity index (χ1n) is 36.1. The Morgan fingerprint density at radius 2 is 0.692 bits per heavy atom. The number of hydrogen-bond donors (Lipinski definition) is 3. The Bertz CT molecular complexity index is 2770. The molecule has 10 rings (SSSR count). The summed E-state index contributed by atoms with van der Waals surface area (Å²) in [5, 5.41) is 26.6. The summed E-state index contributed by atoms with van der Waals surface area (Å²) in [5.74, 6) is -6.58. The summed E-state index contributed by atoms with van der Waals surface area (Å²) >= 11 is 0. The van der Waals surface area contributed by atoms with Crippen molar-refractivity contribution in [3.63, 3.8) is 0 Å². The van der Waals surface area contributed by atoms with E-state index in [1.165, 1.54) is 152 Å². The lowest BCUT2D eigenvalue weighted by Gasteiger charge is -2.41. The predicted molar refractivity (Wildman–Crippen MR) is 359 cm³/mol. The van der Waals surface area contributed by atoms with Crippen molar-refractivity contribution < 1.29 is 73.4 Å². The van der Waals surface area contributed by atoms with E-state index in [1.54, 1.807) is 0 Å². The van der Waals surface area contributed by atoms with Crippen molar-refractivity contribution in [1.82, 2.24) is 0 Å². The highest BCUT2D eigenvalue weighted by molar-refractivity contribution is 5.89. The Morgan fingerprint density at radius 3 is 1.01 bits per heavy atom. The van der Waals surface area contributed by atoms with Crippen LogP contribution >= 0.6 is 0 Å². The van der Waals surface area contributed by atoms with E-state index in [0.29, 0.717) is 28.5 Å². The Labute approximate surface area is 548 Å². The van der Waals surface area contributed by atoms with E-state index >= 15 is 0 Å². The average molecular weight is 1300 g/mol. The largest absolute Gasteiger partial charge is 0.478 e. The summed E-state index contributed by atoms with van der Waals surface area (Å²) in [6.07, 6.45) is 40.4. The van der Waals surface area contributed by atoms with Crippen LogP contribution in [0.5, 0.6) is 0 Å². The van der Waals surface area contributed by atoms with Crippen LogP contribution in [0.1, 0.15) is 340 Å². The second-order valence-corrected chi connectivity index (χ2v) is 29.4. The van der Waals surface area contributed by atoms with E-state index in [0.717, 1.165) is 151 Å². The first-order valence-corrected chi connectivity index (χ1v) is 36.1. The molecule has 0 saturated heterocycles. The van der Waals surface area contributed by atoms with Gasteiger partial charge in [-0.1, -0.05) is 156 Å². The molecule has 0 aromatic heterocycles. The number of unbranched alkanes of at least 4 members (excludes halogenated alkanes) is 2. The van der Waals surface area contributed by atoms with Crippen LogP contribution in [0.2, 0.25) is 0 Å². The molecule has 7 fully saturated rings. The molecule has 7 aliphatic carbocycles. The number of benzene rings is 3. The first-order chi connectivity index (χ1) is 43.6. The fraction of sp³-hybridized carbons (Fsp3) is 0.727. The van der Waals surface area contributed by atoms with Gasteiger partial charge in [0.05, 0.1) is 16.7 Å². The lowest BCUT2D eigenvalue weighted by molar-refractivity contribution is -0.125. The van der Waals surface area contributed by atoms with E-state index in [4.69, 9.17) is 15.3 Å². The van der Waals surface area contributed by atoms with Crippen molar-refractivity contribution >= 4 is 17.9 Å². The van der Waals surface area contributed by atoms with E-state index in [9.17, 15) is 49.5 Å². The van der Waals surface area contributed by atoms with Crippen LogP contribution in [0.4, 0.5) is 35.1 Å². The zero-order valence-electron chi connectivity index (χ0n) is 55.6. The van der Waals surface area contributed by atoms with Gasteiger partial charge in [-0.2, -0.15) is 0 Å². The predicted octanol–water partition coefficient (Wildman–Crippen LogP) is 25.4. The van der Waals surface area contributed by atoms with Crippen LogP contribution in [-0.2, 0) is 0 Å². The Hall–Kier alpha value is -4.49. The monoisotopic (exact) mass is 1290 g/mol. The molecular weight excluding hydrogens is 1170 g/mol. The number of halogens is 8. The fourth-order valence-electron chi connectivity index (χ4n) is 18.1. The van der Waals surface area contributed by atoms with Crippen molar-refractivity contribution in [3.05, 3.63) is 105 Å². The molecule has 3 N–H and O–H groups in total. The first kappa shape index (κ1) is 73.9. The highest BCUT2D eigenvalue weighted by Crippen LogP contribution is 2.51. The maximum atomic E-state index is 14.4. The third-order valence-corrected chi connectivity index (χ3v) is 23.6. The molecule has 0 heterocycles. The molecule has 7 saturated carbocycles. The smallest absolute Gasteiger partial charge is 0.338 e. The minimum atomic E-state index is -2.39. The number of carbonyl (C=O) groups is 3. The number of carboxylic acids is 3. The van der Waals surface area contributed by atoms with Gasteiger partial charge in [-0.3, -0.25) is 0 Å². The molecule has 3 aromatic carbocycles. The zero-order chi connectivity index (χ0) is 65.9. The second kappa shape index (κ2) is 35.9. The van der Waals surface area contributed by atoms with Crippen molar-refractivity contribution in [2.75, 3.05) is 0 Å². The minimum absolute atomic E-state index is 0. The van der Waals surface area contributed by atoms with Gasteiger partial charge >= 0.3 is 17.9 Å². The van der Waals surface area contributed by atoms with Gasteiger partial charge in [-0.15, -0.1) is 0 Å². The van der Waals surface area contributed by atoms with Crippen LogP contribution in [0, 0.1) is 100 Å². The normalized spacial score (nSPS) is 30.0. The summed E-state index contributed by atoms with van der Waals surface area (Å²) < 4.78 is 113. The summed E-state index contributed by atoms with van der Waals surface area (Å²) in [7, 11) is 0. The van der Waals surface area contributed by atoms with Crippen LogP contribution in [0.15, 0.2) is 36.4 Å². The van der Waals surface area contributed by atoms with E-state index in [1.807, 2.05) is 6.92 Å². The Morgan fingerprint density at radius 1 is 0.385 bits per heavy atom. The van der Waals surface area contributed by atoms with E-state index < -0.39 is 75.4 Å². The van der Waals surface area contributed by atoms with Gasteiger partial charge in [0.2, 0.25) is 0 Å². The molecule has 0 spiro atoms. The molecule has 3 aromatic rings. The standard InChI is InChI=1S/C24H34F2O2.C22H30F2O2.C16H20F2O2.C15H26F2.6H2/c1-2-3-4-5-16-6-8-17(9-7-16)18-10-12-19(13-11-18)20-14-15-21(24(27)28)23(26)22(20)25;1-2-3-14-4-6-15(7-5-14)16-8-10-17(11-9-16)18-12-13-19(22(25)26)21(24)20(18)23;1-2-3-10-4-6-11(7-5-10)12-8-9-13(16(19)20)15(18)14(12)17;1-3-12-5-7-13(8-6-12)14-9-4-11(2)10-15(14,16)17;;;;;;/h14-19H,2-13H2,1H3,(H,27,28);12-17H,2-11H2,1H3,(H,25,26);8-11H,2-7H2,1H3,(H,19,20);11-14H,3-10H2,1-2H3;6*1H. The lowest BCUT2D eigenvalue weighted by Crippen LogP contribution is -2.40. The highest BCUT2D eigenvalue weighted by atomic mass is 19.3. The molecule has 6 nitrogen and oxygen atoms in total. The fourth-order valence-corrected chi connectivity index (χ4v) is 18.1. The Kier molecular flexibility index (Phi) is 29.1. The molecule has 0 bridgehead atoms. The minimum Gasteiger partial charge on any atom is -0.478 e. The van der Waals surface area contributed by atoms with Gasteiger partial charge < -0.3 is 15.3 Å². The van der Waals surface area contributed by atoms with Crippen molar-refractivity contribution in [2.45, 2.75) is 289 Å². The molecule has 0 aliphatic heterocycles. The van der Waals surface area contributed by atoms with Gasteiger partial charge in [0, 0.05) is 20.9 Å². The van der Waals surface area contributed by atoms with Crippen molar-refractivity contribution in [2.24, 2.45) is 65.1 Å². The third kappa shape index (κ3) is 20.3. The number of carboxylic acid groups (broad SMARTS) is 3. The van der Waals surface area contributed by atoms with Gasteiger partial charge in [-0.25, -0.2) is 49.5 Å². The van der Waals surface area contributed by atoms with Crippen molar-refractivity contribution in [3.8, 4) is 0 Å². The highest BCUT2D eigenvalue weighted by Gasteiger charge is 2.48. The van der Waals surface area contributed by atoms with Gasteiger partial charge in [0.1, 0.15) is 0 Å². The molecule has 0 radical (unpaired) electrons. The molecule has 2 atom stereocenters. The van der Waals surface area contributed by atoms with E-state index in [2.05, 4.69) is 27.7 Å². The van der Waals surface area contributed by atoms with Gasteiger partial charge in [-0.05, 0) is 234 Å². The van der Waals surface area contributed by atoms with Crippen LogP contribution in [-0.4, -0.2) is 39.2 Å². The number of hydrogen-bond acceptors (Lipinski definition) is 3. The summed E-state index contributed by atoms with van der Waals surface area (Å²) in [4.78, 5) is 32.7. The van der Waals surface area contributed by atoms with Crippen LogP contribution in [0.25, 0.3) is 0 Å². The second-order valence-electron chi connectivity index (χ2n) is 29.4. The van der Waals surface area contributed by atoms with Gasteiger partial charge in [0.25, 0.3) is 5.92 Å². The van der Waals surface area contributed by atoms with Crippen LogP contribution < -0.4 is 0 Å². The third-order valence-electron chi connectivity index (χ3n) is 23.6. The lowest BCUT2D eigenvalue weighted by atomic mass is 9.67. The Balaban J connectivity index is 0.000000644. The van der Waals surface area contributed by atoms with Crippen LogP contribution in [0.3, 0.4) is 0 Å². The molecule has 14 heteroatoms. The topological polar surface area (TPSA) is 112 Å².